The zero-order valence-electron chi connectivity index (χ0n) is 8.38. The Labute approximate surface area is 89.3 Å². The third-order valence-electron chi connectivity index (χ3n) is 2.38. The fourth-order valence-corrected chi connectivity index (χ4v) is 1.55. The standard InChI is InChI=1S/C11H9F3O2/c1-6(15)9-5-16-10-3-2-7(4-8(9)10)11(12,13)14/h2-6,15H,1H3. The molecule has 0 amide bonds. The Hall–Kier alpha value is -1.49. The van der Waals surface area contributed by atoms with Crippen LogP contribution < -0.4 is 0 Å². The van der Waals surface area contributed by atoms with E-state index >= 15 is 0 Å². The molecule has 0 radical (unpaired) electrons. The topological polar surface area (TPSA) is 33.4 Å². The van der Waals surface area contributed by atoms with Crippen LogP contribution in [0, 0.1) is 0 Å². The molecule has 1 atom stereocenters. The molecule has 16 heavy (non-hydrogen) atoms. The Morgan fingerprint density at radius 1 is 1.31 bits per heavy atom. The predicted molar refractivity (Wildman–Crippen MR) is 51.8 cm³/mol. The maximum Gasteiger partial charge on any atom is 0.416 e. The average Bonchev–Trinajstić information content (AvgIpc) is 2.58. The second-order valence-corrected chi connectivity index (χ2v) is 3.58. The van der Waals surface area contributed by atoms with Gasteiger partial charge in [-0.15, -0.1) is 0 Å². The normalized spacial score (nSPS) is 14.3. The molecule has 2 rings (SSSR count). The molecule has 0 aliphatic rings. The minimum absolute atomic E-state index is 0.296. The van der Waals surface area contributed by atoms with Crippen LogP contribution in [0.25, 0.3) is 11.0 Å². The second-order valence-electron chi connectivity index (χ2n) is 3.58. The SMILES string of the molecule is CC(O)c1coc2ccc(C(F)(F)F)cc12. The number of hydrogen-bond acceptors (Lipinski definition) is 2. The zero-order chi connectivity index (χ0) is 11.9. The van der Waals surface area contributed by atoms with E-state index in [1.807, 2.05) is 0 Å². The minimum Gasteiger partial charge on any atom is -0.464 e. The van der Waals surface area contributed by atoms with Crippen molar-refractivity contribution in [3.63, 3.8) is 0 Å². The van der Waals surface area contributed by atoms with Crippen LogP contribution in [0.5, 0.6) is 0 Å². The molecule has 2 aromatic rings. The first-order chi connectivity index (χ1) is 7.39. The fraction of sp³-hybridized carbons (Fsp3) is 0.273. The van der Waals surface area contributed by atoms with Crippen LogP contribution in [0.15, 0.2) is 28.9 Å². The molecule has 86 valence electrons. The van der Waals surface area contributed by atoms with Gasteiger partial charge in [-0.1, -0.05) is 0 Å². The van der Waals surface area contributed by atoms with Crippen LogP contribution in [-0.4, -0.2) is 5.11 Å². The molecule has 0 spiro atoms. The van der Waals surface area contributed by atoms with Gasteiger partial charge < -0.3 is 9.52 Å². The lowest BCUT2D eigenvalue weighted by Gasteiger charge is -2.07. The number of rotatable bonds is 1. The molecule has 1 N–H and O–H groups in total. The van der Waals surface area contributed by atoms with Gasteiger partial charge in [-0.05, 0) is 25.1 Å². The fourth-order valence-electron chi connectivity index (χ4n) is 1.55. The summed E-state index contributed by atoms with van der Waals surface area (Å²) in [6.45, 7) is 1.48. The Bertz CT molecular complexity index is 511. The van der Waals surface area contributed by atoms with E-state index in [9.17, 15) is 18.3 Å². The van der Waals surface area contributed by atoms with E-state index in [0.29, 0.717) is 16.5 Å². The van der Waals surface area contributed by atoms with Crippen LogP contribution in [0.2, 0.25) is 0 Å². The number of alkyl halides is 3. The van der Waals surface area contributed by atoms with Gasteiger partial charge in [-0.25, -0.2) is 0 Å². The smallest absolute Gasteiger partial charge is 0.416 e. The molecule has 0 saturated carbocycles. The first-order valence-electron chi connectivity index (χ1n) is 4.66. The quantitative estimate of drug-likeness (QED) is 0.813. The molecule has 1 heterocycles. The van der Waals surface area contributed by atoms with Gasteiger partial charge in [0.1, 0.15) is 5.58 Å². The molecule has 0 fully saturated rings. The van der Waals surface area contributed by atoms with E-state index in [-0.39, 0.29) is 0 Å². The number of aliphatic hydroxyl groups is 1. The van der Waals surface area contributed by atoms with Gasteiger partial charge in [0.25, 0.3) is 0 Å². The first kappa shape index (κ1) is 11.0. The van der Waals surface area contributed by atoms with Crippen LogP contribution in [0.3, 0.4) is 0 Å². The highest BCUT2D eigenvalue weighted by Gasteiger charge is 2.31. The van der Waals surface area contributed by atoms with Crippen LogP contribution >= 0.6 is 0 Å². The van der Waals surface area contributed by atoms with E-state index < -0.39 is 17.8 Å². The highest BCUT2D eigenvalue weighted by molar-refractivity contribution is 5.82. The van der Waals surface area contributed by atoms with E-state index in [4.69, 9.17) is 4.42 Å². The highest BCUT2D eigenvalue weighted by Crippen LogP contribution is 2.34. The van der Waals surface area contributed by atoms with Crippen LogP contribution in [-0.2, 0) is 6.18 Å². The van der Waals surface area contributed by atoms with E-state index in [2.05, 4.69) is 0 Å². The van der Waals surface area contributed by atoms with Crippen molar-refractivity contribution in [2.24, 2.45) is 0 Å². The Balaban J connectivity index is 2.63. The third-order valence-corrected chi connectivity index (χ3v) is 2.38. The monoisotopic (exact) mass is 230 g/mol. The summed E-state index contributed by atoms with van der Waals surface area (Å²) in [4.78, 5) is 0. The summed E-state index contributed by atoms with van der Waals surface area (Å²) >= 11 is 0. The summed E-state index contributed by atoms with van der Waals surface area (Å²) in [6.07, 6.45) is -3.97. The Morgan fingerprint density at radius 3 is 2.56 bits per heavy atom. The number of furan rings is 1. The van der Waals surface area contributed by atoms with E-state index in [1.165, 1.54) is 19.3 Å². The molecule has 0 bridgehead atoms. The summed E-state index contributed by atoms with van der Waals surface area (Å²) < 4.78 is 42.4. The van der Waals surface area contributed by atoms with Crippen molar-refractivity contribution in [2.45, 2.75) is 19.2 Å². The zero-order valence-corrected chi connectivity index (χ0v) is 8.38. The molecular weight excluding hydrogens is 221 g/mol. The maximum atomic E-state index is 12.5. The van der Waals surface area contributed by atoms with Crippen LogP contribution in [0.1, 0.15) is 24.2 Å². The summed E-state index contributed by atoms with van der Waals surface area (Å²) in [5.74, 6) is 0. The number of hydrogen-bond donors (Lipinski definition) is 1. The van der Waals surface area contributed by atoms with E-state index in [1.54, 1.807) is 0 Å². The molecule has 0 aliphatic heterocycles. The number of aliphatic hydroxyl groups excluding tert-OH is 1. The summed E-state index contributed by atoms with van der Waals surface area (Å²) in [7, 11) is 0. The molecule has 1 unspecified atom stereocenters. The molecule has 2 nitrogen and oxygen atoms in total. The van der Waals surface area contributed by atoms with Gasteiger partial charge in [0.2, 0.25) is 0 Å². The summed E-state index contributed by atoms with van der Waals surface area (Å²) in [5, 5.41) is 9.66. The summed E-state index contributed by atoms with van der Waals surface area (Å²) in [6, 6.07) is 3.20. The lowest BCUT2D eigenvalue weighted by molar-refractivity contribution is -0.137. The van der Waals surface area contributed by atoms with Crippen molar-refractivity contribution >= 4 is 11.0 Å². The maximum absolute atomic E-state index is 12.5. The number of benzene rings is 1. The minimum atomic E-state index is -4.39. The molecular formula is C11H9F3O2. The van der Waals surface area contributed by atoms with Gasteiger partial charge in [0.15, 0.2) is 0 Å². The van der Waals surface area contributed by atoms with E-state index in [0.717, 1.165) is 12.1 Å². The van der Waals surface area contributed by atoms with Crippen molar-refractivity contribution in [1.82, 2.24) is 0 Å². The van der Waals surface area contributed by atoms with Gasteiger partial charge in [0.05, 0.1) is 17.9 Å². The molecule has 0 saturated heterocycles. The van der Waals surface area contributed by atoms with Crippen molar-refractivity contribution in [2.75, 3.05) is 0 Å². The number of halogens is 3. The third kappa shape index (κ3) is 1.78. The number of fused-ring (bicyclic) bond motifs is 1. The lowest BCUT2D eigenvalue weighted by Crippen LogP contribution is -2.04. The highest BCUT2D eigenvalue weighted by atomic mass is 19.4. The van der Waals surface area contributed by atoms with Crippen molar-refractivity contribution in [1.29, 1.82) is 0 Å². The lowest BCUT2D eigenvalue weighted by atomic mass is 10.1. The second kappa shape index (κ2) is 3.52. The molecule has 5 heteroatoms. The Morgan fingerprint density at radius 2 is 2.00 bits per heavy atom. The van der Waals surface area contributed by atoms with Crippen molar-refractivity contribution in [3.8, 4) is 0 Å². The summed E-state index contributed by atoms with van der Waals surface area (Å²) in [5.41, 5.74) is -0.0479. The molecule has 0 aliphatic carbocycles. The molecule has 1 aromatic carbocycles. The first-order valence-corrected chi connectivity index (χ1v) is 4.66. The van der Waals surface area contributed by atoms with Gasteiger partial charge in [0, 0.05) is 10.9 Å². The van der Waals surface area contributed by atoms with Gasteiger partial charge in [-0.3, -0.25) is 0 Å². The predicted octanol–water partition coefficient (Wildman–Crippen LogP) is 3.50. The van der Waals surface area contributed by atoms with Crippen molar-refractivity contribution in [3.05, 3.63) is 35.6 Å². The molecule has 1 aromatic heterocycles. The average molecular weight is 230 g/mol. The van der Waals surface area contributed by atoms with Gasteiger partial charge in [-0.2, -0.15) is 13.2 Å². The van der Waals surface area contributed by atoms with Crippen LogP contribution in [0.4, 0.5) is 13.2 Å². The van der Waals surface area contributed by atoms with Gasteiger partial charge >= 0.3 is 6.18 Å². The van der Waals surface area contributed by atoms with Crippen molar-refractivity contribution < 1.29 is 22.7 Å². The Kier molecular flexibility index (Phi) is 2.42. The largest absolute Gasteiger partial charge is 0.464 e.